The lowest BCUT2D eigenvalue weighted by molar-refractivity contribution is -0.130. The fourth-order valence-electron chi connectivity index (χ4n) is 2.36. The zero-order chi connectivity index (χ0) is 17.1. The Hall–Kier alpha value is -2.72. The van der Waals surface area contributed by atoms with E-state index in [0.717, 1.165) is 11.1 Å². The highest BCUT2D eigenvalue weighted by Crippen LogP contribution is 2.34. The van der Waals surface area contributed by atoms with Crippen LogP contribution in [0.2, 0.25) is 5.02 Å². The van der Waals surface area contributed by atoms with Crippen molar-refractivity contribution in [1.29, 1.82) is 0 Å². The van der Waals surface area contributed by atoms with Gasteiger partial charge in [-0.05, 0) is 48.0 Å². The zero-order valence-electron chi connectivity index (χ0n) is 13.2. The third kappa shape index (κ3) is 3.29. The van der Waals surface area contributed by atoms with Crippen molar-refractivity contribution in [3.05, 3.63) is 70.3 Å². The van der Waals surface area contributed by atoms with E-state index in [0.29, 0.717) is 27.9 Å². The van der Waals surface area contributed by atoms with E-state index in [9.17, 15) is 4.79 Å². The Labute approximate surface area is 144 Å². The van der Waals surface area contributed by atoms with Gasteiger partial charge in [-0.25, -0.2) is 4.79 Å². The maximum Gasteiger partial charge on any atom is 0.343 e. The molecule has 5 heteroatoms. The van der Waals surface area contributed by atoms with Gasteiger partial charge >= 0.3 is 5.97 Å². The predicted molar refractivity (Wildman–Crippen MR) is 93.0 cm³/mol. The van der Waals surface area contributed by atoms with Crippen LogP contribution in [0.1, 0.15) is 11.1 Å². The van der Waals surface area contributed by atoms with Crippen molar-refractivity contribution in [2.24, 2.45) is 0 Å². The van der Waals surface area contributed by atoms with E-state index in [4.69, 9.17) is 25.8 Å². The molecule has 122 valence electrons. The van der Waals surface area contributed by atoms with E-state index in [-0.39, 0.29) is 0 Å². The second-order valence-corrected chi connectivity index (χ2v) is 5.56. The van der Waals surface area contributed by atoms with Gasteiger partial charge in [0, 0.05) is 10.6 Å². The number of cyclic esters (lactones) is 1. The van der Waals surface area contributed by atoms with Crippen molar-refractivity contribution in [2.45, 2.75) is 0 Å². The van der Waals surface area contributed by atoms with Crippen LogP contribution < -0.4 is 9.47 Å². The first-order valence-corrected chi connectivity index (χ1v) is 7.62. The van der Waals surface area contributed by atoms with Gasteiger partial charge in [0.2, 0.25) is 0 Å². The number of carbonyl (C=O) groups excluding carboxylic acids is 1. The lowest BCUT2D eigenvalue weighted by atomic mass is 10.1. The van der Waals surface area contributed by atoms with Crippen LogP contribution in [0.25, 0.3) is 11.8 Å². The Balaban J connectivity index is 1.93. The summed E-state index contributed by atoms with van der Waals surface area (Å²) in [6.45, 7) is 0. The molecule has 0 fully saturated rings. The highest BCUT2D eigenvalue weighted by molar-refractivity contribution is 6.30. The highest BCUT2D eigenvalue weighted by Gasteiger charge is 2.22. The van der Waals surface area contributed by atoms with Crippen molar-refractivity contribution < 1.29 is 19.0 Å². The van der Waals surface area contributed by atoms with E-state index in [2.05, 4.69) is 0 Å². The number of rotatable bonds is 4. The van der Waals surface area contributed by atoms with Gasteiger partial charge in [-0.2, -0.15) is 0 Å². The molecule has 0 aromatic heterocycles. The van der Waals surface area contributed by atoms with Crippen LogP contribution in [-0.2, 0) is 9.53 Å². The standard InChI is InChI=1S/C19H15ClO4/c1-22-16-8-5-13(10-18(16)23-2)17-11-14(19(21)24-17)9-12-3-6-15(20)7-4-12/h3-11H,1-2H3. The van der Waals surface area contributed by atoms with Gasteiger partial charge in [-0.3, -0.25) is 0 Å². The van der Waals surface area contributed by atoms with E-state index in [1.807, 2.05) is 18.2 Å². The molecular weight excluding hydrogens is 328 g/mol. The van der Waals surface area contributed by atoms with E-state index in [1.165, 1.54) is 0 Å². The van der Waals surface area contributed by atoms with Crippen molar-refractivity contribution in [3.63, 3.8) is 0 Å². The molecule has 3 rings (SSSR count). The maximum atomic E-state index is 12.1. The van der Waals surface area contributed by atoms with E-state index < -0.39 is 5.97 Å². The highest BCUT2D eigenvalue weighted by atomic mass is 35.5. The molecule has 2 aromatic carbocycles. The lowest BCUT2D eigenvalue weighted by Gasteiger charge is -2.09. The van der Waals surface area contributed by atoms with Crippen LogP contribution in [0.15, 0.2) is 54.1 Å². The Bertz CT molecular complexity index is 835. The minimum Gasteiger partial charge on any atom is -0.493 e. The normalized spacial score (nSPS) is 15.2. The van der Waals surface area contributed by atoms with Crippen molar-refractivity contribution in [2.75, 3.05) is 14.2 Å². The first-order chi connectivity index (χ1) is 11.6. The van der Waals surface area contributed by atoms with Crippen LogP contribution in [-0.4, -0.2) is 20.2 Å². The second kappa shape index (κ2) is 6.81. The molecule has 0 saturated carbocycles. The van der Waals surface area contributed by atoms with Gasteiger partial charge in [-0.15, -0.1) is 0 Å². The minimum absolute atomic E-state index is 0.394. The van der Waals surface area contributed by atoms with E-state index >= 15 is 0 Å². The predicted octanol–water partition coefficient (Wildman–Crippen LogP) is 4.34. The second-order valence-electron chi connectivity index (χ2n) is 5.12. The molecule has 0 atom stereocenters. The van der Waals surface area contributed by atoms with Gasteiger partial charge < -0.3 is 14.2 Å². The number of benzene rings is 2. The Morgan fingerprint density at radius 2 is 1.71 bits per heavy atom. The molecule has 0 N–H and O–H groups in total. The fraction of sp³-hybridized carbons (Fsp3) is 0.105. The average molecular weight is 343 g/mol. The molecule has 0 spiro atoms. The van der Waals surface area contributed by atoms with Gasteiger partial charge in [0.05, 0.1) is 19.8 Å². The van der Waals surface area contributed by atoms with Crippen molar-refractivity contribution in [1.82, 2.24) is 0 Å². The zero-order valence-corrected chi connectivity index (χ0v) is 14.0. The summed E-state index contributed by atoms with van der Waals surface area (Å²) < 4.78 is 15.8. The molecule has 0 saturated heterocycles. The largest absolute Gasteiger partial charge is 0.493 e. The molecule has 1 heterocycles. The molecule has 24 heavy (non-hydrogen) atoms. The molecule has 0 bridgehead atoms. The van der Waals surface area contributed by atoms with Gasteiger partial charge in [0.15, 0.2) is 11.5 Å². The molecule has 0 unspecified atom stereocenters. The molecule has 0 radical (unpaired) electrons. The SMILES string of the molecule is COc1ccc(C2=CC(=Cc3ccc(Cl)cc3)C(=O)O2)cc1OC. The molecule has 0 amide bonds. The number of hydrogen-bond acceptors (Lipinski definition) is 4. The summed E-state index contributed by atoms with van der Waals surface area (Å²) in [4.78, 5) is 12.1. The number of ether oxygens (including phenoxy) is 3. The Morgan fingerprint density at radius 1 is 1.00 bits per heavy atom. The molecule has 1 aliphatic rings. The lowest BCUT2D eigenvalue weighted by Crippen LogP contribution is -1.97. The summed E-state index contributed by atoms with van der Waals surface area (Å²) in [5.74, 6) is 1.26. The van der Waals surface area contributed by atoms with Crippen LogP contribution in [0, 0.1) is 0 Å². The summed E-state index contributed by atoms with van der Waals surface area (Å²) in [5.41, 5.74) is 2.08. The summed E-state index contributed by atoms with van der Waals surface area (Å²) in [6.07, 6.45) is 3.46. The van der Waals surface area contributed by atoms with Gasteiger partial charge in [-0.1, -0.05) is 23.7 Å². The quantitative estimate of drug-likeness (QED) is 0.612. The van der Waals surface area contributed by atoms with Crippen molar-refractivity contribution >= 4 is 29.4 Å². The number of hydrogen-bond donors (Lipinski definition) is 0. The fourth-order valence-corrected chi connectivity index (χ4v) is 2.49. The Morgan fingerprint density at radius 3 is 2.38 bits per heavy atom. The summed E-state index contributed by atoms with van der Waals surface area (Å²) in [7, 11) is 3.13. The molecule has 0 aliphatic carbocycles. The van der Waals surface area contributed by atoms with Crippen LogP contribution in [0.4, 0.5) is 0 Å². The molecule has 1 aliphatic heterocycles. The summed E-state index contributed by atoms with van der Waals surface area (Å²) >= 11 is 5.87. The molecule has 4 nitrogen and oxygen atoms in total. The first-order valence-electron chi connectivity index (χ1n) is 7.24. The number of esters is 1. The smallest absolute Gasteiger partial charge is 0.343 e. The monoisotopic (exact) mass is 342 g/mol. The number of halogens is 1. The topological polar surface area (TPSA) is 44.8 Å². The number of carbonyl (C=O) groups is 1. The summed E-state index contributed by atoms with van der Waals surface area (Å²) in [6, 6.07) is 12.6. The minimum atomic E-state index is -0.394. The van der Waals surface area contributed by atoms with Gasteiger partial charge in [0.25, 0.3) is 0 Å². The average Bonchev–Trinajstić information content (AvgIpc) is 2.97. The van der Waals surface area contributed by atoms with Crippen LogP contribution in [0.3, 0.4) is 0 Å². The van der Waals surface area contributed by atoms with Crippen LogP contribution >= 0.6 is 11.6 Å². The van der Waals surface area contributed by atoms with E-state index in [1.54, 1.807) is 50.6 Å². The maximum absolute atomic E-state index is 12.1. The third-order valence-electron chi connectivity index (χ3n) is 3.59. The van der Waals surface area contributed by atoms with Crippen LogP contribution in [0.5, 0.6) is 11.5 Å². The Kier molecular flexibility index (Phi) is 4.58. The van der Waals surface area contributed by atoms with Crippen molar-refractivity contribution in [3.8, 4) is 11.5 Å². The third-order valence-corrected chi connectivity index (χ3v) is 3.84. The molecular formula is C19H15ClO4. The molecule has 2 aromatic rings. The van der Waals surface area contributed by atoms with Gasteiger partial charge in [0.1, 0.15) is 5.76 Å². The first kappa shape index (κ1) is 16.1. The summed E-state index contributed by atoms with van der Waals surface area (Å²) in [5, 5.41) is 0.646. The number of methoxy groups -OCH3 is 2.